The number of ketones is 2. The van der Waals surface area contributed by atoms with E-state index < -0.39 is 34.6 Å². The molecule has 0 saturated carbocycles. The minimum absolute atomic E-state index is 0.0998. The maximum absolute atomic E-state index is 13.4. The first-order valence-corrected chi connectivity index (χ1v) is 15.6. The summed E-state index contributed by atoms with van der Waals surface area (Å²) in [5.41, 5.74) is 5.35. The van der Waals surface area contributed by atoms with Crippen LogP contribution in [0.5, 0.6) is 0 Å². The van der Waals surface area contributed by atoms with Crippen molar-refractivity contribution in [2.75, 3.05) is 14.2 Å². The molecule has 4 aromatic carbocycles. The van der Waals surface area contributed by atoms with Gasteiger partial charge in [0.2, 0.25) is 0 Å². The summed E-state index contributed by atoms with van der Waals surface area (Å²) in [5, 5.41) is 0. The number of rotatable bonds is 2. The predicted octanol–water partition coefficient (Wildman–Crippen LogP) is 7.73. The predicted molar refractivity (Wildman–Crippen MR) is 185 cm³/mol. The van der Waals surface area contributed by atoms with Crippen molar-refractivity contribution in [2.45, 2.75) is 11.8 Å². The first-order chi connectivity index (χ1) is 23.2. The van der Waals surface area contributed by atoms with Gasteiger partial charge >= 0.3 is 11.9 Å². The Hall–Kier alpha value is -5.88. The van der Waals surface area contributed by atoms with Gasteiger partial charge in [0.25, 0.3) is 0 Å². The largest absolute Gasteiger partial charge is 0.469 e. The highest BCUT2D eigenvalue weighted by Gasteiger charge is 2.58. The zero-order valence-corrected chi connectivity index (χ0v) is 26.6. The van der Waals surface area contributed by atoms with Gasteiger partial charge in [0.15, 0.2) is 11.6 Å². The molecule has 4 aliphatic carbocycles. The SMILES string of the molecule is C=C1c2ccccc2[C@@H](C(=O)OC)[C@]12C=Cc1ccccc1C2=O.C=C1c2ccccc2[C@H](C(=O)OC)[C@@]12C=Cc1ccccc1C2=O. The lowest BCUT2D eigenvalue weighted by Crippen LogP contribution is -2.38. The molecular formula is C42H32O6. The molecule has 48 heavy (non-hydrogen) atoms. The quantitative estimate of drug-likeness (QED) is 0.210. The molecule has 4 atom stereocenters. The smallest absolute Gasteiger partial charge is 0.314 e. The first kappa shape index (κ1) is 30.8. The van der Waals surface area contributed by atoms with Gasteiger partial charge in [-0.05, 0) is 44.5 Å². The number of carbonyl (C=O) groups is 4. The van der Waals surface area contributed by atoms with Gasteiger partial charge in [-0.15, -0.1) is 0 Å². The van der Waals surface area contributed by atoms with Crippen LogP contribution in [0.25, 0.3) is 23.3 Å². The third-order valence-corrected chi connectivity index (χ3v) is 10.2. The lowest BCUT2D eigenvalue weighted by Gasteiger charge is -2.34. The standard InChI is InChI=1S/2C21H16O3/c2*1-13-15-8-5-6-10-17(15)18(20(23)24-2)21(13)12-11-14-7-3-4-9-16(14)19(21)22/h2*3-12,18H,1H2,2H3/t2*18-,21-/m10/s1. The third-order valence-electron chi connectivity index (χ3n) is 10.2. The van der Waals surface area contributed by atoms with Crippen molar-refractivity contribution < 1.29 is 28.7 Å². The molecule has 0 amide bonds. The van der Waals surface area contributed by atoms with Crippen LogP contribution in [0.3, 0.4) is 0 Å². The van der Waals surface area contributed by atoms with Crippen LogP contribution < -0.4 is 0 Å². The van der Waals surface area contributed by atoms with E-state index in [0.717, 1.165) is 33.4 Å². The van der Waals surface area contributed by atoms with Crippen molar-refractivity contribution in [2.24, 2.45) is 10.8 Å². The van der Waals surface area contributed by atoms with Crippen molar-refractivity contribution in [3.8, 4) is 0 Å². The molecule has 0 N–H and O–H groups in total. The number of esters is 2. The van der Waals surface area contributed by atoms with E-state index in [1.165, 1.54) is 14.2 Å². The van der Waals surface area contributed by atoms with Gasteiger partial charge in [0, 0.05) is 11.1 Å². The monoisotopic (exact) mass is 632 g/mol. The molecule has 2 spiro atoms. The Morgan fingerprint density at radius 2 is 0.875 bits per heavy atom. The molecule has 0 fully saturated rings. The second kappa shape index (κ2) is 11.4. The van der Waals surface area contributed by atoms with Crippen LogP contribution >= 0.6 is 0 Å². The van der Waals surface area contributed by atoms with E-state index in [-0.39, 0.29) is 11.6 Å². The van der Waals surface area contributed by atoms with E-state index in [2.05, 4.69) is 13.2 Å². The maximum atomic E-state index is 13.4. The molecule has 0 saturated heterocycles. The number of allylic oxidation sites excluding steroid dienone is 4. The number of benzene rings is 4. The molecule has 0 heterocycles. The van der Waals surface area contributed by atoms with Crippen molar-refractivity contribution in [1.82, 2.24) is 0 Å². The second-order valence-electron chi connectivity index (χ2n) is 12.3. The van der Waals surface area contributed by atoms with E-state index in [9.17, 15) is 19.2 Å². The average Bonchev–Trinajstić information content (AvgIpc) is 3.53. The molecule has 0 radical (unpaired) electrons. The lowest BCUT2D eigenvalue weighted by atomic mass is 9.65. The molecule has 8 rings (SSSR count). The highest BCUT2D eigenvalue weighted by Crippen LogP contribution is 2.60. The highest BCUT2D eigenvalue weighted by atomic mass is 16.5. The molecule has 4 aromatic rings. The number of carbonyl (C=O) groups excluding carboxylic acids is 4. The Kier molecular flexibility index (Phi) is 7.32. The molecule has 0 bridgehead atoms. The van der Waals surface area contributed by atoms with Crippen LogP contribution in [0.2, 0.25) is 0 Å². The summed E-state index contributed by atoms with van der Waals surface area (Å²) in [5.74, 6) is -2.45. The van der Waals surface area contributed by atoms with Crippen LogP contribution in [0.15, 0.2) is 122 Å². The molecule has 236 valence electrons. The molecule has 0 unspecified atom stereocenters. The normalized spacial score (nSPS) is 24.0. The maximum Gasteiger partial charge on any atom is 0.314 e. The molecule has 0 aromatic heterocycles. The van der Waals surface area contributed by atoms with Crippen molar-refractivity contribution >= 4 is 46.8 Å². The zero-order chi connectivity index (χ0) is 33.8. The Morgan fingerprint density at radius 1 is 0.542 bits per heavy atom. The van der Waals surface area contributed by atoms with Crippen LogP contribution in [-0.2, 0) is 19.1 Å². The van der Waals surface area contributed by atoms with Gasteiger partial charge in [0.05, 0.1) is 25.0 Å². The molecular weight excluding hydrogens is 600 g/mol. The lowest BCUT2D eigenvalue weighted by molar-refractivity contribution is -0.144. The number of fused-ring (bicyclic) bond motifs is 4. The van der Waals surface area contributed by atoms with Gasteiger partial charge in [-0.1, -0.05) is 135 Å². The minimum Gasteiger partial charge on any atom is -0.469 e. The van der Waals surface area contributed by atoms with Gasteiger partial charge in [0.1, 0.15) is 11.8 Å². The zero-order valence-electron chi connectivity index (χ0n) is 26.6. The van der Waals surface area contributed by atoms with E-state index >= 15 is 0 Å². The number of hydrogen-bond acceptors (Lipinski definition) is 6. The van der Waals surface area contributed by atoms with Crippen molar-refractivity contribution in [3.05, 3.63) is 167 Å². The summed E-state index contributed by atoms with van der Waals surface area (Å²) in [7, 11) is 2.70. The van der Waals surface area contributed by atoms with Crippen LogP contribution in [0, 0.1) is 10.8 Å². The van der Waals surface area contributed by atoms with E-state index in [0.29, 0.717) is 22.3 Å². The Bertz CT molecular complexity index is 2000. The topological polar surface area (TPSA) is 86.7 Å². The Labute approximate surface area is 278 Å². The first-order valence-electron chi connectivity index (χ1n) is 15.6. The molecule has 4 aliphatic rings. The fourth-order valence-electron chi connectivity index (χ4n) is 7.86. The van der Waals surface area contributed by atoms with Crippen LogP contribution in [0.1, 0.15) is 65.9 Å². The number of hydrogen-bond donors (Lipinski definition) is 0. The van der Waals surface area contributed by atoms with E-state index in [1.807, 2.05) is 109 Å². The summed E-state index contributed by atoms with van der Waals surface area (Å²) in [6, 6.07) is 29.9. The molecule has 0 aliphatic heterocycles. The summed E-state index contributed by atoms with van der Waals surface area (Å²) in [6.45, 7) is 8.37. The summed E-state index contributed by atoms with van der Waals surface area (Å²) >= 11 is 0. The van der Waals surface area contributed by atoms with E-state index in [1.54, 1.807) is 12.1 Å². The molecule has 6 nitrogen and oxygen atoms in total. The fourth-order valence-corrected chi connectivity index (χ4v) is 7.86. The van der Waals surface area contributed by atoms with Crippen molar-refractivity contribution in [1.29, 1.82) is 0 Å². The van der Waals surface area contributed by atoms with Gasteiger partial charge in [-0.2, -0.15) is 0 Å². The van der Waals surface area contributed by atoms with Gasteiger partial charge in [-0.25, -0.2) is 0 Å². The summed E-state index contributed by atoms with van der Waals surface area (Å²) in [6.07, 6.45) is 7.46. The fraction of sp³-hybridized carbons (Fsp3) is 0.143. The van der Waals surface area contributed by atoms with E-state index in [4.69, 9.17) is 9.47 Å². The number of ether oxygens (including phenoxy) is 2. The minimum atomic E-state index is -1.11. The summed E-state index contributed by atoms with van der Waals surface area (Å²) in [4.78, 5) is 52.1. The van der Waals surface area contributed by atoms with Crippen molar-refractivity contribution in [3.63, 3.8) is 0 Å². The van der Waals surface area contributed by atoms with Gasteiger partial charge < -0.3 is 9.47 Å². The Balaban J connectivity index is 0.000000152. The Morgan fingerprint density at radius 3 is 1.25 bits per heavy atom. The van der Waals surface area contributed by atoms with Crippen LogP contribution in [0.4, 0.5) is 0 Å². The third kappa shape index (κ3) is 4.12. The molecule has 6 heteroatoms. The second-order valence-corrected chi connectivity index (χ2v) is 12.3. The average molecular weight is 633 g/mol. The van der Waals surface area contributed by atoms with Gasteiger partial charge in [-0.3, -0.25) is 19.2 Å². The highest BCUT2D eigenvalue weighted by molar-refractivity contribution is 6.20. The number of methoxy groups -OCH3 is 2. The van der Waals surface area contributed by atoms with Crippen LogP contribution in [-0.4, -0.2) is 37.7 Å². The number of Topliss-reactive ketones (excluding diaryl/α,β-unsaturated/α-hetero) is 2. The summed E-state index contributed by atoms with van der Waals surface area (Å²) < 4.78 is 10.1.